The quantitative estimate of drug-likeness (QED) is 0.578. The van der Waals surface area contributed by atoms with E-state index >= 15 is 0 Å². The molecule has 2 aromatic carbocycles. The number of nitrogens with one attached hydrogen (secondary N) is 1. The van der Waals surface area contributed by atoms with Crippen molar-refractivity contribution in [2.45, 2.75) is 19.8 Å². The number of fused-ring (bicyclic) bond motifs is 1. The van der Waals surface area contributed by atoms with Crippen LogP contribution in [0.5, 0.6) is 5.88 Å². The SMILES string of the molecule is CCOc1nc2ccccc2nc1N1CCC[C@H](C(=O)Nc2ccc(Br)cc2F)C1. The van der Waals surface area contributed by atoms with Crippen molar-refractivity contribution in [3.63, 3.8) is 0 Å². The zero-order chi connectivity index (χ0) is 21.1. The standard InChI is InChI=1S/C22H22BrFN4O2/c1-2-30-22-20(25-18-7-3-4-8-19(18)27-22)28-11-5-6-14(13-28)21(29)26-17-10-9-15(23)12-16(17)24/h3-4,7-10,12,14H,2,5-6,11,13H2,1H3,(H,26,29)/t14-/m0/s1. The number of ether oxygens (including phenoxy) is 1. The number of para-hydroxylation sites is 2. The summed E-state index contributed by atoms with van der Waals surface area (Å²) in [5.74, 6) is 0.153. The van der Waals surface area contributed by atoms with Gasteiger partial charge >= 0.3 is 0 Å². The predicted molar refractivity (Wildman–Crippen MR) is 118 cm³/mol. The molecule has 8 heteroatoms. The summed E-state index contributed by atoms with van der Waals surface area (Å²) in [6.07, 6.45) is 1.55. The van der Waals surface area contributed by atoms with Gasteiger partial charge in [-0.2, -0.15) is 0 Å². The number of aromatic nitrogens is 2. The normalized spacial score (nSPS) is 16.5. The fourth-order valence-electron chi connectivity index (χ4n) is 3.62. The first-order chi connectivity index (χ1) is 14.5. The minimum absolute atomic E-state index is 0.181. The Morgan fingerprint density at radius 1 is 1.27 bits per heavy atom. The number of hydrogen-bond acceptors (Lipinski definition) is 5. The van der Waals surface area contributed by atoms with Crippen LogP contribution in [0, 0.1) is 11.7 Å². The van der Waals surface area contributed by atoms with Crippen molar-refractivity contribution in [3.05, 3.63) is 52.8 Å². The minimum atomic E-state index is -0.468. The summed E-state index contributed by atoms with van der Waals surface area (Å²) in [5, 5.41) is 2.72. The van der Waals surface area contributed by atoms with E-state index in [2.05, 4.69) is 26.2 Å². The maximum absolute atomic E-state index is 14.1. The van der Waals surface area contributed by atoms with Gasteiger partial charge in [-0.15, -0.1) is 0 Å². The molecule has 6 nitrogen and oxygen atoms in total. The Labute approximate surface area is 182 Å². The number of benzene rings is 2. The highest BCUT2D eigenvalue weighted by Crippen LogP contribution is 2.31. The summed E-state index contributed by atoms with van der Waals surface area (Å²) in [6.45, 7) is 3.60. The van der Waals surface area contributed by atoms with Crippen molar-refractivity contribution in [1.29, 1.82) is 0 Å². The molecule has 1 saturated heterocycles. The van der Waals surface area contributed by atoms with Gasteiger partial charge < -0.3 is 15.0 Å². The third-order valence-corrected chi connectivity index (χ3v) is 5.58. The lowest BCUT2D eigenvalue weighted by molar-refractivity contribution is -0.120. The van der Waals surface area contributed by atoms with Gasteiger partial charge in [0.2, 0.25) is 5.91 Å². The third-order valence-electron chi connectivity index (χ3n) is 5.08. The van der Waals surface area contributed by atoms with Gasteiger partial charge in [0, 0.05) is 17.6 Å². The molecule has 1 amide bonds. The van der Waals surface area contributed by atoms with Crippen molar-refractivity contribution in [2.75, 3.05) is 29.9 Å². The van der Waals surface area contributed by atoms with Crippen molar-refractivity contribution >= 4 is 44.4 Å². The van der Waals surface area contributed by atoms with Gasteiger partial charge in [0.1, 0.15) is 5.82 Å². The number of piperidine rings is 1. The second-order valence-electron chi connectivity index (χ2n) is 7.17. The summed E-state index contributed by atoms with van der Waals surface area (Å²) in [7, 11) is 0. The maximum atomic E-state index is 14.1. The van der Waals surface area contributed by atoms with E-state index in [1.165, 1.54) is 6.07 Å². The second-order valence-corrected chi connectivity index (χ2v) is 8.09. The molecule has 0 spiro atoms. The Morgan fingerprint density at radius 2 is 2.03 bits per heavy atom. The molecule has 0 radical (unpaired) electrons. The van der Waals surface area contributed by atoms with Crippen LogP contribution in [0.1, 0.15) is 19.8 Å². The topological polar surface area (TPSA) is 67.4 Å². The van der Waals surface area contributed by atoms with E-state index in [0.29, 0.717) is 29.3 Å². The van der Waals surface area contributed by atoms with Gasteiger partial charge in [0.15, 0.2) is 5.82 Å². The Kier molecular flexibility index (Phi) is 6.13. The van der Waals surface area contributed by atoms with Crippen LogP contribution in [0.2, 0.25) is 0 Å². The molecule has 0 bridgehead atoms. The van der Waals surface area contributed by atoms with E-state index in [1.54, 1.807) is 12.1 Å². The van der Waals surface area contributed by atoms with E-state index in [4.69, 9.17) is 9.72 Å². The van der Waals surface area contributed by atoms with Crippen molar-refractivity contribution in [1.82, 2.24) is 9.97 Å². The molecule has 1 aliphatic heterocycles. The van der Waals surface area contributed by atoms with E-state index in [9.17, 15) is 9.18 Å². The molecule has 0 unspecified atom stereocenters. The number of nitrogens with zero attached hydrogens (tertiary/aromatic N) is 3. The van der Waals surface area contributed by atoms with Crippen molar-refractivity contribution in [3.8, 4) is 5.88 Å². The number of anilines is 2. The molecule has 156 valence electrons. The van der Waals surface area contributed by atoms with Crippen LogP contribution in [-0.4, -0.2) is 35.6 Å². The Hall–Kier alpha value is -2.74. The molecule has 1 fully saturated rings. The minimum Gasteiger partial charge on any atom is -0.475 e. The van der Waals surface area contributed by atoms with Gasteiger partial charge in [-0.25, -0.2) is 14.4 Å². The van der Waals surface area contributed by atoms with Crippen molar-refractivity contribution < 1.29 is 13.9 Å². The predicted octanol–water partition coefficient (Wildman–Crippen LogP) is 4.79. The summed E-state index contributed by atoms with van der Waals surface area (Å²) in [4.78, 5) is 24.2. The Bertz CT molecular complexity index is 1080. The first-order valence-electron chi connectivity index (χ1n) is 9.95. The number of amides is 1. The number of halogens is 2. The lowest BCUT2D eigenvalue weighted by atomic mass is 9.97. The van der Waals surface area contributed by atoms with Gasteiger partial charge in [-0.3, -0.25) is 4.79 Å². The van der Waals surface area contributed by atoms with Crippen LogP contribution in [0.15, 0.2) is 46.9 Å². The maximum Gasteiger partial charge on any atom is 0.258 e. The van der Waals surface area contributed by atoms with Crippen LogP contribution in [0.4, 0.5) is 15.9 Å². The zero-order valence-corrected chi connectivity index (χ0v) is 18.2. The fourth-order valence-corrected chi connectivity index (χ4v) is 3.96. The largest absolute Gasteiger partial charge is 0.475 e. The van der Waals surface area contributed by atoms with Crippen LogP contribution in [-0.2, 0) is 4.79 Å². The van der Waals surface area contributed by atoms with Crippen molar-refractivity contribution in [2.24, 2.45) is 5.92 Å². The summed E-state index contributed by atoms with van der Waals surface area (Å²) in [5.41, 5.74) is 1.72. The highest BCUT2D eigenvalue weighted by molar-refractivity contribution is 9.10. The summed E-state index contributed by atoms with van der Waals surface area (Å²) < 4.78 is 20.5. The van der Waals surface area contributed by atoms with E-state index in [-0.39, 0.29) is 17.5 Å². The first kappa shape index (κ1) is 20.5. The zero-order valence-electron chi connectivity index (χ0n) is 16.6. The molecule has 1 aliphatic rings. The van der Waals surface area contributed by atoms with Gasteiger partial charge in [0.05, 0.1) is 29.2 Å². The molecule has 0 aliphatic carbocycles. The van der Waals surface area contributed by atoms with E-state index < -0.39 is 5.82 Å². The lowest BCUT2D eigenvalue weighted by Crippen LogP contribution is -2.41. The number of rotatable bonds is 5. The highest BCUT2D eigenvalue weighted by Gasteiger charge is 2.29. The molecular weight excluding hydrogens is 451 g/mol. The highest BCUT2D eigenvalue weighted by atomic mass is 79.9. The monoisotopic (exact) mass is 472 g/mol. The van der Waals surface area contributed by atoms with Crippen LogP contribution in [0.3, 0.4) is 0 Å². The number of carbonyl (C=O) groups is 1. The molecule has 4 rings (SSSR count). The molecule has 1 aromatic heterocycles. The van der Waals surface area contributed by atoms with Crippen LogP contribution < -0.4 is 15.0 Å². The van der Waals surface area contributed by atoms with Gasteiger partial charge in [-0.1, -0.05) is 28.1 Å². The van der Waals surface area contributed by atoms with E-state index in [0.717, 1.165) is 30.4 Å². The average Bonchev–Trinajstić information content (AvgIpc) is 2.75. The van der Waals surface area contributed by atoms with E-state index in [1.807, 2.05) is 36.1 Å². The number of hydrogen-bond donors (Lipinski definition) is 1. The lowest BCUT2D eigenvalue weighted by Gasteiger charge is -2.33. The molecule has 3 aromatic rings. The molecule has 30 heavy (non-hydrogen) atoms. The third kappa shape index (κ3) is 4.38. The van der Waals surface area contributed by atoms with Crippen LogP contribution in [0.25, 0.3) is 11.0 Å². The molecule has 1 N–H and O–H groups in total. The Balaban J connectivity index is 1.56. The molecule has 2 heterocycles. The number of carbonyl (C=O) groups excluding carboxylic acids is 1. The second kappa shape index (κ2) is 8.95. The Morgan fingerprint density at radius 3 is 2.77 bits per heavy atom. The summed E-state index contributed by atoms with van der Waals surface area (Å²) >= 11 is 3.23. The summed E-state index contributed by atoms with van der Waals surface area (Å²) in [6, 6.07) is 12.2. The first-order valence-corrected chi connectivity index (χ1v) is 10.7. The van der Waals surface area contributed by atoms with Crippen LogP contribution >= 0.6 is 15.9 Å². The fraction of sp³-hybridized carbons (Fsp3) is 0.318. The molecule has 0 saturated carbocycles. The van der Waals surface area contributed by atoms with Gasteiger partial charge in [0.25, 0.3) is 5.88 Å². The molecular formula is C22H22BrFN4O2. The smallest absolute Gasteiger partial charge is 0.258 e. The molecule has 1 atom stereocenters. The van der Waals surface area contributed by atoms with Gasteiger partial charge in [-0.05, 0) is 50.1 Å². The average molecular weight is 473 g/mol.